The first-order valence-corrected chi connectivity index (χ1v) is 6.24. The average molecular weight is 276 g/mol. The molecule has 19 heavy (non-hydrogen) atoms. The summed E-state index contributed by atoms with van der Waals surface area (Å²) in [6.45, 7) is 4.03. The Balaban J connectivity index is 4.42. The van der Waals surface area contributed by atoms with Crippen molar-refractivity contribution in [2.45, 2.75) is 32.4 Å². The molecular formula is C12H24N2O5. The van der Waals surface area contributed by atoms with Gasteiger partial charge in [0.05, 0.1) is 12.7 Å². The number of nitrogens with one attached hydrogen (secondary N) is 1. The van der Waals surface area contributed by atoms with Gasteiger partial charge >= 0.3 is 12.0 Å². The van der Waals surface area contributed by atoms with Gasteiger partial charge in [-0.25, -0.2) is 4.79 Å². The summed E-state index contributed by atoms with van der Waals surface area (Å²) in [5.41, 5.74) is 0. The van der Waals surface area contributed by atoms with Crippen molar-refractivity contribution in [3.05, 3.63) is 0 Å². The molecular weight excluding hydrogens is 252 g/mol. The van der Waals surface area contributed by atoms with Crippen molar-refractivity contribution in [2.24, 2.45) is 0 Å². The number of carbonyl (C=O) groups is 2. The van der Waals surface area contributed by atoms with Crippen molar-refractivity contribution in [1.82, 2.24) is 10.2 Å². The van der Waals surface area contributed by atoms with Crippen LogP contribution in [0.1, 0.15) is 20.3 Å². The van der Waals surface area contributed by atoms with Crippen LogP contribution in [0.3, 0.4) is 0 Å². The Morgan fingerprint density at radius 3 is 2.42 bits per heavy atom. The van der Waals surface area contributed by atoms with E-state index in [2.05, 4.69) is 5.32 Å². The summed E-state index contributed by atoms with van der Waals surface area (Å²) < 4.78 is 10.1. The van der Waals surface area contributed by atoms with Gasteiger partial charge in [-0.05, 0) is 13.3 Å². The molecule has 0 saturated carbocycles. The monoisotopic (exact) mass is 276 g/mol. The third kappa shape index (κ3) is 6.97. The molecule has 2 atom stereocenters. The third-order valence-electron chi connectivity index (χ3n) is 2.86. The van der Waals surface area contributed by atoms with Crippen LogP contribution in [0.15, 0.2) is 0 Å². The van der Waals surface area contributed by atoms with Crippen LogP contribution in [-0.2, 0) is 14.3 Å². The van der Waals surface area contributed by atoms with E-state index in [0.717, 1.165) is 0 Å². The standard InChI is InChI=1S/C12H24N2O5/c1-5-9(2)14(7-11(15)16)12(17)13-6-10(19-4)8-18-3/h9-10H,5-8H2,1-4H3,(H,13,17)(H,15,16). The molecule has 0 aromatic heterocycles. The normalized spacial score (nSPS) is 13.7. The Kier molecular flexibility index (Phi) is 8.90. The number of carbonyl (C=O) groups excluding carboxylic acids is 1. The van der Waals surface area contributed by atoms with E-state index < -0.39 is 12.0 Å². The number of aliphatic carboxylic acids is 1. The molecule has 0 spiro atoms. The average Bonchev–Trinajstić information content (AvgIpc) is 2.39. The molecule has 0 radical (unpaired) electrons. The molecule has 0 heterocycles. The second kappa shape index (κ2) is 9.57. The highest BCUT2D eigenvalue weighted by molar-refractivity contribution is 5.80. The van der Waals surface area contributed by atoms with Crippen LogP contribution >= 0.6 is 0 Å². The molecule has 0 aliphatic carbocycles. The van der Waals surface area contributed by atoms with Crippen molar-refractivity contribution in [3.63, 3.8) is 0 Å². The number of carboxylic acids is 1. The molecule has 0 saturated heterocycles. The van der Waals surface area contributed by atoms with Gasteiger partial charge < -0.3 is 24.8 Å². The Hall–Kier alpha value is -1.34. The minimum Gasteiger partial charge on any atom is -0.480 e. The van der Waals surface area contributed by atoms with Gasteiger partial charge in [0, 0.05) is 26.8 Å². The van der Waals surface area contributed by atoms with Gasteiger partial charge in [-0.1, -0.05) is 6.92 Å². The number of amides is 2. The van der Waals surface area contributed by atoms with Crippen LogP contribution in [0.25, 0.3) is 0 Å². The number of hydrogen-bond donors (Lipinski definition) is 2. The van der Waals surface area contributed by atoms with Crippen LogP contribution in [-0.4, -0.2) is 68.1 Å². The molecule has 0 aliphatic rings. The molecule has 7 heteroatoms. The van der Waals surface area contributed by atoms with Crippen molar-refractivity contribution in [2.75, 3.05) is 33.9 Å². The maximum Gasteiger partial charge on any atom is 0.323 e. The number of urea groups is 1. The summed E-state index contributed by atoms with van der Waals surface area (Å²) in [5.74, 6) is -1.03. The van der Waals surface area contributed by atoms with E-state index in [4.69, 9.17) is 14.6 Å². The molecule has 112 valence electrons. The lowest BCUT2D eigenvalue weighted by molar-refractivity contribution is -0.138. The molecule has 0 aliphatic heterocycles. The minimum absolute atomic E-state index is 0.139. The van der Waals surface area contributed by atoms with E-state index in [1.165, 1.54) is 12.0 Å². The molecule has 2 amide bonds. The number of rotatable bonds is 9. The lowest BCUT2D eigenvalue weighted by Crippen LogP contribution is -2.49. The van der Waals surface area contributed by atoms with Crippen LogP contribution < -0.4 is 5.32 Å². The summed E-state index contributed by atoms with van der Waals surface area (Å²) in [7, 11) is 3.07. The Morgan fingerprint density at radius 1 is 1.37 bits per heavy atom. The molecule has 0 rings (SSSR count). The van der Waals surface area contributed by atoms with E-state index in [1.807, 2.05) is 13.8 Å². The van der Waals surface area contributed by atoms with E-state index in [-0.39, 0.29) is 25.2 Å². The van der Waals surface area contributed by atoms with Crippen molar-refractivity contribution in [1.29, 1.82) is 0 Å². The topological polar surface area (TPSA) is 88.1 Å². The van der Waals surface area contributed by atoms with E-state index in [1.54, 1.807) is 7.11 Å². The maximum absolute atomic E-state index is 12.0. The van der Waals surface area contributed by atoms with E-state index in [0.29, 0.717) is 13.0 Å². The van der Waals surface area contributed by atoms with Gasteiger partial charge in [-0.2, -0.15) is 0 Å². The van der Waals surface area contributed by atoms with Crippen molar-refractivity contribution in [3.8, 4) is 0 Å². The summed E-state index contributed by atoms with van der Waals surface area (Å²) in [6.07, 6.45) is 0.435. The first-order valence-electron chi connectivity index (χ1n) is 6.24. The van der Waals surface area contributed by atoms with Gasteiger partial charge in [0.25, 0.3) is 0 Å². The largest absolute Gasteiger partial charge is 0.480 e. The van der Waals surface area contributed by atoms with Crippen molar-refractivity contribution >= 4 is 12.0 Å². The number of ether oxygens (including phenoxy) is 2. The maximum atomic E-state index is 12.0. The number of methoxy groups -OCH3 is 2. The van der Waals surface area contributed by atoms with E-state index in [9.17, 15) is 9.59 Å². The molecule has 2 N–H and O–H groups in total. The molecule has 0 aromatic rings. The Bertz CT molecular complexity index is 285. The van der Waals surface area contributed by atoms with Crippen LogP contribution in [0.4, 0.5) is 4.79 Å². The zero-order valence-corrected chi connectivity index (χ0v) is 12.0. The summed E-state index contributed by atoms with van der Waals surface area (Å²) in [4.78, 5) is 24.0. The fourth-order valence-corrected chi connectivity index (χ4v) is 1.49. The lowest BCUT2D eigenvalue weighted by Gasteiger charge is -2.27. The van der Waals surface area contributed by atoms with E-state index >= 15 is 0 Å². The molecule has 0 fully saturated rings. The number of nitrogens with zero attached hydrogens (tertiary/aromatic N) is 1. The highest BCUT2D eigenvalue weighted by Gasteiger charge is 2.22. The van der Waals surface area contributed by atoms with Crippen molar-refractivity contribution < 1.29 is 24.2 Å². The number of hydrogen-bond acceptors (Lipinski definition) is 4. The van der Waals surface area contributed by atoms with Crippen LogP contribution in [0, 0.1) is 0 Å². The summed E-state index contributed by atoms with van der Waals surface area (Å²) in [6, 6.07) is -0.547. The number of carboxylic acid groups (broad SMARTS) is 1. The lowest BCUT2D eigenvalue weighted by atomic mass is 10.2. The Morgan fingerprint density at radius 2 is 2.00 bits per heavy atom. The second-order valence-electron chi connectivity index (χ2n) is 4.28. The molecule has 2 unspecified atom stereocenters. The zero-order valence-electron chi connectivity index (χ0n) is 12.0. The zero-order chi connectivity index (χ0) is 14.8. The second-order valence-corrected chi connectivity index (χ2v) is 4.28. The highest BCUT2D eigenvalue weighted by atomic mass is 16.5. The fourth-order valence-electron chi connectivity index (χ4n) is 1.49. The minimum atomic E-state index is -1.03. The van der Waals surface area contributed by atoms with Gasteiger partial charge in [0.1, 0.15) is 6.54 Å². The predicted molar refractivity (Wildman–Crippen MR) is 70.2 cm³/mol. The van der Waals surface area contributed by atoms with Crippen LogP contribution in [0.2, 0.25) is 0 Å². The molecule has 0 aromatic carbocycles. The van der Waals surface area contributed by atoms with Gasteiger partial charge in [-0.3, -0.25) is 4.79 Å². The first kappa shape index (κ1) is 17.7. The molecule has 0 bridgehead atoms. The SMILES string of the molecule is CCC(C)N(CC(=O)O)C(=O)NCC(COC)OC. The first-order chi connectivity index (χ1) is 8.96. The van der Waals surface area contributed by atoms with Gasteiger partial charge in [-0.15, -0.1) is 0 Å². The van der Waals surface area contributed by atoms with Gasteiger partial charge in [0.2, 0.25) is 0 Å². The highest BCUT2D eigenvalue weighted by Crippen LogP contribution is 2.04. The summed E-state index contributed by atoms with van der Waals surface area (Å²) >= 11 is 0. The van der Waals surface area contributed by atoms with Crippen LogP contribution in [0.5, 0.6) is 0 Å². The predicted octanol–water partition coefficient (Wildman–Crippen LogP) is 0.543. The fraction of sp³-hybridized carbons (Fsp3) is 0.833. The quantitative estimate of drug-likeness (QED) is 0.642. The Labute approximate surface area is 113 Å². The molecule has 7 nitrogen and oxygen atoms in total. The van der Waals surface area contributed by atoms with Gasteiger partial charge in [0.15, 0.2) is 0 Å². The third-order valence-corrected chi connectivity index (χ3v) is 2.86. The summed E-state index contributed by atoms with van der Waals surface area (Å²) in [5, 5.41) is 11.5. The smallest absolute Gasteiger partial charge is 0.323 e.